The second-order valence-electron chi connectivity index (χ2n) is 3.22. The van der Waals surface area contributed by atoms with E-state index in [9.17, 15) is 4.79 Å². The van der Waals surface area contributed by atoms with Crippen LogP contribution in [0.5, 0.6) is 0 Å². The van der Waals surface area contributed by atoms with Crippen molar-refractivity contribution in [3.8, 4) is 0 Å². The van der Waals surface area contributed by atoms with Crippen molar-refractivity contribution in [2.24, 2.45) is 5.92 Å². The second-order valence-corrected chi connectivity index (χ2v) is 3.22. The van der Waals surface area contributed by atoms with Crippen LogP contribution in [0.15, 0.2) is 0 Å². The Kier molecular flexibility index (Phi) is 5.12. The highest BCUT2D eigenvalue weighted by Crippen LogP contribution is 2.03. The van der Waals surface area contributed by atoms with Crippen LogP contribution in [-0.4, -0.2) is 18.5 Å². The van der Waals surface area contributed by atoms with Crippen molar-refractivity contribution >= 4 is 5.78 Å². The molecule has 0 aliphatic carbocycles. The average Bonchev–Trinajstić information content (AvgIpc) is 1.86. The summed E-state index contributed by atoms with van der Waals surface area (Å²) >= 11 is 0. The highest BCUT2D eigenvalue weighted by molar-refractivity contribution is 5.77. The van der Waals surface area contributed by atoms with Gasteiger partial charge in [-0.25, -0.2) is 0 Å². The van der Waals surface area contributed by atoms with Gasteiger partial charge in [-0.3, -0.25) is 4.79 Å². The SMILES string of the molecule is CC(=O)C(C)CCOC(C)C. The van der Waals surface area contributed by atoms with Gasteiger partial charge in [0.2, 0.25) is 0 Å². The van der Waals surface area contributed by atoms with Gasteiger partial charge in [0.1, 0.15) is 5.78 Å². The molecular weight excluding hydrogens is 140 g/mol. The van der Waals surface area contributed by atoms with E-state index in [4.69, 9.17) is 4.74 Å². The van der Waals surface area contributed by atoms with Gasteiger partial charge in [0, 0.05) is 12.5 Å². The maximum atomic E-state index is 10.8. The minimum absolute atomic E-state index is 0.147. The van der Waals surface area contributed by atoms with Crippen molar-refractivity contribution in [2.45, 2.75) is 40.2 Å². The number of rotatable bonds is 5. The van der Waals surface area contributed by atoms with E-state index in [0.29, 0.717) is 6.61 Å². The van der Waals surface area contributed by atoms with Crippen LogP contribution in [0.2, 0.25) is 0 Å². The van der Waals surface area contributed by atoms with Crippen molar-refractivity contribution in [1.82, 2.24) is 0 Å². The average molecular weight is 158 g/mol. The van der Waals surface area contributed by atoms with E-state index in [1.807, 2.05) is 20.8 Å². The Morgan fingerprint density at radius 3 is 2.27 bits per heavy atom. The number of carbonyl (C=O) groups excluding carboxylic acids is 1. The zero-order chi connectivity index (χ0) is 8.85. The van der Waals surface area contributed by atoms with Gasteiger partial charge < -0.3 is 4.74 Å². The quantitative estimate of drug-likeness (QED) is 0.612. The van der Waals surface area contributed by atoms with Crippen LogP contribution in [0.1, 0.15) is 34.1 Å². The number of hydrogen-bond donors (Lipinski definition) is 0. The third kappa shape index (κ3) is 6.05. The van der Waals surface area contributed by atoms with E-state index in [0.717, 1.165) is 6.42 Å². The van der Waals surface area contributed by atoms with E-state index in [-0.39, 0.29) is 17.8 Å². The van der Waals surface area contributed by atoms with E-state index >= 15 is 0 Å². The van der Waals surface area contributed by atoms with Crippen LogP contribution in [0.25, 0.3) is 0 Å². The van der Waals surface area contributed by atoms with Gasteiger partial charge >= 0.3 is 0 Å². The Labute approximate surface area is 68.9 Å². The smallest absolute Gasteiger partial charge is 0.132 e. The normalized spacial score (nSPS) is 13.5. The number of hydrogen-bond acceptors (Lipinski definition) is 2. The summed E-state index contributed by atoms with van der Waals surface area (Å²) in [7, 11) is 0. The van der Waals surface area contributed by atoms with E-state index in [2.05, 4.69) is 0 Å². The summed E-state index contributed by atoms with van der Waals surface area (Å²) < 4.78 is 5.31. The Morgan fingerprint density at radius 1 is 1.36 bits per heavy atom. The molecule has 0 N–H and O–H groups in total. The van der Waals surface area contributed by atoms with Crippen LogP contribution in [0, 0.1) is 5.92 Å². The fourth-order valence-corrected chi connectivity index (χ4v) is 0.684. The van der Waals surface area contributed by atoms with Crippen molar-refractivity contribution in [3.05, 3.63) is 0 Å². The minimum atomic E-state index is 0.147. The molecule has 0 radical (unpaired) electrons. The van der Waals surface area contributed by atoms with Crippen LogP contribution in [0.4, 0.5) is 0 Å². The topological polar surface area (TPSA) is 26.3 Å². The maximum absolute atomic E-state index is 10.8. The summed E-state index contributed by atoms with van der Waals surface area (Å²) in [5, 5.41) is 0. The fourth-order valence-electron chi connectivity index (χ4n) is 0.684. The van der Waals surface area contributed by atoms with Crippen LogP contribution in [0.3, 0.4) is 0 Å². The van der Waals surface area contributed by atoms with Crippen LogP contribution >= 0.6 is 0 Å². The van der Waals surface area contributed by atoms with Gasteiger partial charge in [0.05, 0.1) is 6.10 Å². The largest absolute Gasteiger partial charge is 0.379 e. The molecule has 0 heterocycles. The first-order chi connectivity index (χ1) is 5.04. The Hall–Kier alpha value is -0.370. The molecule has 2 nitrogen and oxygen atoms in total. The Morgan fingerprint density at radius 2 is 1.91 bits per heavy atom. The summed E-state index contributed by atoms with van der Waals surface area (Å²) in [6.07, 6.45) is 1.11. The highest BCUT2D eigenvalue weighted by Gasteiger charge is 2.06. The monoisotopic (exact) mass is 158 g/mol. The molecule has 0 aromatic carbocycles. The van der Waals surface area contributed by atoms with E-state index < -0.39 is 0 Å². The summed E-state index contributed by atoms with van der Waals surface area (Å²) in [6, 6.07) is 0. The molecule has 11 heavy (non-hydrogen) atoms. The van der Waals surface area contributed by atoms with E-state index in [1.54, 1.807) is 6.92 Å². The molecule has 0 saturated carbocycles. The molecule has 0 fully saturated rings. The second kappa shape index (κ2) is 5.30. The number of ketones is 1. The van der Waals surface area contributed by atoms with Gasteiger partial charge in [-0.15, -0.1) is 0 Å². The first kappa shape index (κ1) is 10.6. The molecule has 0 aliphatic heterocycles. The van der Waals surface area contributed by atoms with Gasteiger partial charge in [0.25, 0.3) is 0 Å². The van der Waals surface area contributed by atoms with Crippen molar-refractivity contribution in [2.75, 3.05) is 6.61 Å². The standard InChI is InChI=1S/C9H18O2/c1-7(2)11-6-5-8(3)9(4)10/h7-8H,5-6H2,1-4H3. The lowest BCUT2D eigenvalue weighted by molar-refractivity contribution is -0.120. The predicted octanol–water partition coefficient (Wildman–Crippen LogP) is 2.03. The summed E-state index contributed by atoms with van der Waals surface area (Å²) in [4.78, 5) is 10.8. The predicted molar refractivity (Wildman–Crippen MR) is 45.6 cm³/mol. The highest BCUT2D eigenvalue weighted by atomic mass is 16.5. The molecule has 0 aromatic rings. The van der Waals surface area contributed by atoms with E-state index in [1.165, 1.54) is 0 Å². The molecule has 66 valence electrons. The fraction of sp³-hybridized carbons (Fsp3) is 0.889. The zero-order valence-electron chi connectivity index (χ0n) is 7.89. The Balaban J connectivity index is 3.31. The third-order valence-electron chi connectivity index (χ3n) is 1.70. The first-order valence-electron chi connectivity index (χ1n) is 4.16. The van der Waals surface area contributed by atoms with Gasteiger partial charge in [-0.2, -0.15) is 0 Å². The zero-order valence-corrected chi connectivity index (χ0v) is 7.89. The summed E-state index contributed by atoms with van der Waals surface area (Å²) in [5.41, 5.74) is 0. The molecule has 0 spiro atoms. The van der Waals surface area contributed by atoms with Crippen LogP contribution in [-0.2, 0) is 9.53 Å². The molecule has 0 aromatic heterocycles. The number of Topliss-reactive ketones (excluding diaryl/α,β-unsaturated/α-hetero) is 1. The minimum Gasteiger partial charge on any atom is -0.379 e. The maximum Gasteiger partial charge on any atom is 0.132 e. The molecule has 0 saturated heterocycles. The van der Waals surface area contributed by atoms with Gasteiger partial charge in [-0.1, -0.05) is 6.92 Å². The molecular formula is C9H18O2. The lowest BCUT2D eigenvalue weighted by Crippen LogP contribution is -2.12. The molecule has 2 heteroatoms. The molecule has 1 unspecified atom stereocenters. The van der Waals surface area contributed by atoms with Crippen molar-refractivity contribution in [3.63, 3.8) is 0 Å². The molecule has 0 bridgehead atoms. The number of ether oxygens (including phenoxy) is 1. The lowest BCUT2D eigenvalue weighted by Gasteiger charge is -2.09. The third-order valence-corrected chi connectivity index (χ3v) is 1.70. The molecule has 0 amide bonds. The van der Waals surface area contributed by atoms with Gasteiger partial charge in [0.15, 0.2) is 0 Å². The summed E-state index contributed by atoms with van der Waals surface area (Å²) in [5.74, 6) is 0.395. The van der Waals surface area contributed by atoms with Gasteiger partial charge in [-0.05, 0) is 27.2 Å². The van der Waals surface area contributed by atoms with Crippen LogP contribution < -0.4 is 0 Å². The summed E-state index contributed by atoms with van der Waals surface area (Å²) in [6.45, 7) is 8.25. The number of carbonyl (C=O) groups is 1. The molecule has 0 rings (SSSR count). The lowest BCUT2D eigenvalue weighted by atomic mass is 10.1. The molecule has 1 atom stereocenters. The van der Waals surface area contributed by atoms with Crippen molar-refractivity contribution < 1.29 is 9.53 Å². The first-order valence-corrected chi connectivity index (χ1v) is 4.16. The van der Waals surface area contributed by atoms with Crippen molar-refractivity contribution in [1.29, 1.82) is 0 Å². The molecule has 0 aliphatic rings. The Bertz CT molecular complexity index is 119.